The van der Waals surface area contributed by atoms with Crippen LogP contribution in [0.3, 0.4) is 0 Å². The molecule has 0 radical (unpaired) electrons. The van der Waals surface area contributed by atoms with Crippen LogP contribution < -0.4 is 0 Å². The Labute approximate surface area is 323 Å². The van der Waals surface area contributed by atoms with E-state index in [2.05, 4.69) is 88.0 Å². The highest BCUT2D eigenvalue weighted by Gasteiger charge is 2.60. The first kappa shape index (κ1) is 41.1. The maximum absolute atomic E-state index is 8.57. The molecule has 9 atom stereocenters. The van der Waals surface area contributed by atoms with Crippen molar-refractivity contribution in [2.24, 2.45) is 35.5 Å². The molecule has 6 heteroatoms. The molecule has 6 saturated carbocycles. The van der Waals surface area contributed by atoms with E-state index in [9.17, 15) is 0 Å². The normalized spacial score (nSPS) is 38.6. The highest BCUT2D eigenvalue weighted by Crippen LogP contribution is 2.66. The zero-order valence-electron chi connectivity index (χ0n) is 29.5. The molecule has 0 bridgehead atoms. The van der Waals surface area contributed by atoms with Crippen LogP contribution in [0, 0.1) is 35.5 Å². The monoisotopic (exact) mass is 908 g/mol. The van der Waals surface area contributed by atoms with Gasteiger partial charge in [-0.1, -0.05) is 165 Å². The maximum Gasteiger partial charge on any atom is 0.0868 e. The second-order valence-corrected chi connectivity index (χ2v) is 21.5. The van der Waals surface area contributed by atoms with E-state index in [0.29, 0.717) is 9.84 Å². The van der Waals surface area contributed by atoms with Crippen molar-refractivity contribution in [3.8, 4) is 0 Å². The molecule has 0 spiro atoms. The van der Waals surface area contributed by atoms with Crippen molar-refractivity contribution < 1.29 is 9.84 Å². The summed E-state index contributed by atoms with van der Waals surface area (Å²) in [7, 11) is 0. The number of halogens is 4. The Kier molecular flexibility index (Phi) is 20.2. The fourth-order valence-corrected chi connectivity index (χ4v) is 12.9. The molecule has 0 aromatic rings. The number of fused-ring (bicyclic) bond motifs is 3. The first-order chi connectivity index (χ1) is 22.9. The molecule has 5 unspecified atom stereocenters. The summed E-state index contributed by atoms with van der Waals surface area (Å²) in [4.78, 5) is 1.83. The standard InChI is InChI=1S/C10H18O2.C8H12Br2.2C8H13Br.C7H12/c11-8-9-12-10-6-4-2-1-3-5-7-10;9-8(10)6-4-2-1-3-5-7(6)8;2*9-8-6-4-2-1-3-5-7(6)8;1-2-4-6-7-5-3-1/h4,6,10-11H,1-3,5,7-9H2;6-7H,1-5H2;2*6-8H,1-5H2;1-2H,3-7H2/b6-4+;;;;/t;;2*6-,7+,8?;. The van der Waals surface area contributed by atoms with Crippen LogP contribution in [-0.2, 0) is 4.74 Å². The number of hydrogen-bond acceptors (Lipinski definition) is 2. The van der Waals surface area contributed by atoms with Gasteiger partial charge in [0.1, 0.15) is 0 Å². The predicted octanol–water partition coefficient (Wildman–Crippen LogP) is 14.0. The first-order valence-corrected chi connectivity index (χ1v) is 23.6. The van der Waals surface area contributed by atoms with Crippen LogP contribution in [0.15, 0.2) is 24.3 Å². The number of rotatable bonds is 3. The van der Waals surface area contributed by atoms with E-state index in [4.69, 9.17) is 9.84 Å². The lowest BCUT2D eigenvalue weighted by Crippen LogP contribution is -2.13. The Bertz CT molecular complexity index is 819. The molecule has 1 N–H and O–H groups in total. The van der Waals surface area contributed by atoms with Gasteiger partial charge in [0, 0.05) is 9.65 Å². The van der Waals surface area contributed by atoms with Crippen molar-refractivity contribution in [1.29, 1.82) is 0 Å². The molecule has 8 aliphatic carbocycles. The summed E-state index contributed by atoms with van der Waals surface area (Å²) >= 11 is 14.9. The van der Waals surface area contributed by atoms with Gasteiger partial charge in [-0.3, -0.25) is 0 Å². The van der Waals surface area contributed by atoms with Crippen LogP contribution in [0.25, 0.3) is 0 Å². The molecule has 0 aromatic heterocycles. The Hall–Kier alpha value is 1.32. The predicted molar refractivity (Wildman–Crippen MR) is 217 cm³/mol. The van der Waals surface area contributed by atoms with E-state index in [0.717, 1.165) is 51.6 Å². The van der Waals surface area contributed by atoms with Gasteiger partial charge in [0.15, 0.2) is 0 Å². The quantitative estimate of drug-likeness (QED) is 0.226. The van der Waals surface area contributed by atoms with E-state index in [1.807, 2.05) is 0 Å². The molecule has 0 aliphatic heterocycles. The van der Waals surface area contributed by atoms with Crippen molar-refractivity contribution in [1.82, 2.24) is 0 Å². The molecule has 47 heavy (non-hydrogen) atoms. The van der Waals surface area contributed by atoms with Crippen molar-refractivity contribution in [3.05, 3.63) is 24.3 Å². The zero-order valence-corrected chi connectivity index (χ0v) is 35.8. The summed E-state index contributed by atoms with van der Waals surface area (Å²) in [5, 5.41) is 8.57. The van der Waals surface area contributed by atoms with Gasteiger partial charge in [-0.2, -0.15) is 0 Å². The van der Waals surface area contributed by atoms with Crippen LogP contribution in [0.2, 0.25) is 0 Å². The average Bonchev–Trinajstić information content (AvgIpc) is 3.96. The third kappa shape index (κ3) is 15.1. The summed E-state index contributed by atoms with van der Waals surface area (Å²) in [5.74, 6) is 6.19. The highest BCUT2D eigenvalue weighted by molar-refractivity contribution is 9.25. The minimum atomic E-state index is 0.129. The molecule has 0 amide bonds. The van der Waals surface area contributed by atoms with Crippen molar-refractivity contribution >= 4 is 63.7 Å². The maximum atomic E-state index is 8.57. The fraction of sp³-hybridized carbons (Fsp3) is 0.902. The molecule has 0 saturated heterocycles. The van der Waals surface area contributed by atoms with Gasteiger partial charge in [0.2, 0.25) is 0 Å². The molecule has 8 rings (SSSR count). The molecule has 2 nitrogen and oxygen atoms in total. The van der Waals surface area contributed by atoms with Gasteiger partial charge >= 0.3 is 0 Å². The van der Waals surface area contributed by atoms with Gasteiger partial charge < -0.3 is 9.84 Å². The van der Waals surface area contributed by atoms with Crippen molar-refractivity contribution in [2.75, 3.05) is 13.2 Å². The first-order valence-electron chi connectivity index (χ1n) is 20.1. The van der Waals surface area contributed by atoms with E-state index in [-0.39, 0.29) is 12.7 Å². The molecular formula is C41H68Br4O2. The SMILES string of the molecule is BrC1(Br)C2CCCCCC21.BrC1[C@H]2CCCCC[C@@H]12.BrC1[C@H]2CCCCC[C@@H]12.C1=CCCCCC1.OCCOC1/C=C/CCCCC1. The Morgan fingerprint density at radius 1 is 0.511 bits per heavy atom. The Morgan fingerprint density at radius 3 is 1.36 bits per heavy atom. The van der Waals surface area contributed by atoms with Gasteiger partial charge in [-0.15, -0.1) is 0 Å². The molecule has 272 valence electrons. The minimum absolute atomic E-state index is 0.129. The van der Waals surface area contributed by atoms with Gasteiger partial charge in [-0.25, -0.2) is 0 Å². The van der Waals surface area contributed by atoms with Crippen LogP contribution in [0.5, 0.6) is 0 Å². The topological polar surface area (TPSA) is 29.5 Å². The summed E-state index contributed by atoms with van der Waals surface area (Å²) in [6.07, 6.45) is 44.4. The van der Waals surface area contributed by atoms with Crippen LogP contribution in [0.4, 0.5) is 0 Å². The minimum Gasteiger partial charge on any atom is -0.394 e. The second kappa shape index (κ2) is 23.1. The molecule has 0 heterocycles. The highest BCUT2D eigenvalue weighted by atomic mass is 79.9. The number of alkyl halides is 4. The van der Waals surface area contributed by atoms with Crippen molar-refractivity contribution in [3.63, 3.8) is 0 Å². The third-order valence-electron chi connectivity index (χ3n) is 12.0. The lowest BCUT2D eigenvalue weighted by molar-refractivity contribution is 0.0483. The average molecular weight is 913 g/mol. The van der Waals surface area contributed by atoms with Crippen LogP contribution >= 0.6 is 63.7 Å². The third-order valence-corrected chi connectivity index (χ3v) is 17.1. The van der Waals surface area contributed by atoms with Crippen molar-refractivity contribution in [2.45, 2.75) is 180 Å². The van der Waals surface area contributed by atoms with Gasteiger partial charge in [0.25, 0.3) is 0 Å². The lowest BCUT2D eigenvalue weighted by atomic mass is 10.0. The molecule has 6 fully saturated rings. The number of aliphatic hydroxyl groups excluding tert-OH is 1. The number of aliphatic hydroxyl groups is 1. The van der Waals surface area contributed by atoms with Crippen LogP contribution in [-0.4, -0.2) is 37.3 Å². The summed E-state index contributed by atoms with van der Waals surface area (Å²) < 4.78 is 5.79. The summed E-state index contributed by atoms with van der Waals surface area (Å²) in [6.45, 7) is 0.597. The largest absolute Gasteiger partial charge is 0.394 e. The van der Waals surface area contributed by atoms with E-state index >= 15 is 0 Å². The second-order valence-electron chi connectivity index (χ2n) is 15.7. The number of hydrogen-bond donors (Lipinski definition) is 1. The smallest absolute Gasteiger partial charge is 0.0868 e. The zero-order chi connectivity index (χ0) is 33.3. The Balaban J connectivity index is 0.000000134. The fourth-order valence-electron chi connectivity index (χ4n) is 8.73. The summed E-state index contributed by atoms with van der Waals surface area (Å²) in [6, 6.07) is 0. The lowest BCUT2D eigenvalue weighted by Gasteiger charge is -2.15. The van der Waals surface area contributed by atoms with Crippen LogP contribution in [0.1, 0.15) is 161 Å². The number of ether oxygens (including phenoxy) is 1. The van der Waals surface area contributed by atoms with Gasteiger partial charge in [-0.05, 0) is 119 Å². The van der Waals surface area contributed by atoms with E-state index in [1.54, 1.807) is 0 Å². The summed E-state index contributed by atoms with van der Waals surface area (Å²) in [5.41, 5.74) is 0. The molecule has 0 aromatic carbocycles. The molecular weight excluding hydrogens is 844 g/mol. The number of allylic oxidation sites excluding steroid dienone is 3. The molecule has 8 aliphatic rings. The Morgan fingerprint density at radius 2 is 0.894 bits per heavy atom. The van der Waals surface area contributed by atoms with E-state index < -0.39 is 0 Å². The van der Waals surface area contributed by atoms with E-state index in [1.165, 1.54) is 154 Å². The van der Waals surface area contributed by atoms with Gasteiger partial charge in [0.05, 0.1) is 22.6 Å².